The lowest BCUT2D eigenvalue weighted by molar-refractivity contribution is 0.0523. The lowest BCUT2D eigenvalue weighted by atomic mass is 9.98. The highest BCUT2D eigenvalue weighted by atomic mass is 32.1. The smallest absolute Gasteiger partial charge is 0.407 e. The Kier molecular flexibility index (Phi) is 7.43. The van der Waals surface area contributed by atoms with Gasteiger partial charge in [-0.2, -0.15) is 0 Å². The molecule has 5 rings (SSSR count). The summed E-state index contributed by atoms with van der Waals surface area (Å²) in [6, 6.07) is 31.1. The Morgan fingerprint density at radius 3 is 2.36 bits per heavy atom. The number of benzene rings is 4. The third kappa shape index (κ3) is 6.51. The van der Waals surface area contributed by atoms with Crippen molar-refractivity contribution in [1.29, 1.82) is 0 Å². The zero-order valence-electron chi connectivity index (χ0n) is 22.0. The molecule has 2 amide bonds. The number of hydrogen-bond acceptors (Lipinski definition) is 5. The number of alkyl carbamates (subject to hydrolysis) is 1. The van der Waals surface area contributed by atoms with Gasteiger partial charge in [0.1, 0.15) is 10.6 Å². The average molecular weight is 536 g/mol. The first-order chi connectivity index (χ1) is 18.7. The number of carbonyl (C=O) groups is 2. The molecule has 1 heterocycles. The third-order valence-electron chi connectivity index (χ3n) is 5.96. The van der Waals surface area contributed by atoms with Gasteiger partial charge in [-0.1, -0.05) is 60.7 Å². The van der Waals surface area contributed by atoms with E-state index >= 15 is 0 Å². The van der Waals surface area contributed by atoms with E-state index in [1.807, 2.05) is 99.6 Å². The monoisotopic (exact) mass is 535 g/mol. The van der Waals surface area contributed by atoms with Crippen molar-refractivity contribution in [2.45, 2.75) is 32.9 Å². The van der Waals surface area contributed by atoms with Crippen molar-refractivity contribution in [3.63, 3.8) is 0 Å². The Bertz CT molecular complexity index is 1600. The van der Waals surface area contributed by atoms with Crippen molar-refractivity contribution in [1.82, 2.24) is 10.3 Å². The van der Waals surface area contributed by atoms with Gasteiger partial charge in [0.2, 0.25) is 0 Å². The van der Waals surface area contributed by atoms with Crippen LogP contribution in [0.2, 0.25) is 0 Å². The molecule has 7 heteroatoms. The number of para-hydroxylation sites is 1. The van der Waals surface area contributed by atoms with Crippen LogP contribution < -0.4 is 10.6 Å². The van der Waals surface area contributed by atoms with E-state index in [1.165, 1.54) is 0 Å². The standard InChI is InChI=1S/C32H29N3O3S/c1-32(2,3)38-31(37)33-20-24-9-4-5-12-26(24)21-15-17-22(18-16-21)29(36)34-25-11-8-10-23(19-25)30-35-27-13-6-7-14-28(27)39-30/h4-19H,20H2,1-3H3,(H,33,37)(H,34,36). The van der Waals surface area contributed by atoms with E-state index < -0.39 is 11.7 Å². The average Bonchev–Trinajstić information content (AvgIpc) is 3.36. The molecule has 196 valence electrons. The number of nitrogens with zero attached hydrogens (tertiary/aromatic N) is 1. The summed E-state index contributed by atoms with van der Waals surface area (Å²) in [7, 11) is 0. The number of ether oxygens (including phenoxy) is 1. The number of aromatic nitrogens is 1. The molecule has 0 saturated carbocycles. The second-order valence-electron chi connectivity index (χ2n) is 10.1. The van der Waals surface area contributed by atoms with E-state index in [0.717, 1.165) is 37.5 Å². The maximum Gasteiger partial charge on any atom is 0.407 e. The van der Waals surface area contributed by atoms with Gasteiger partial charge in [-0.3, -0.25) is 4.79 Å². The first-order valence-corrected chi connectivity index (χ1v) is 13.5. The molecule has 0 spiro atoms. The van der Waals surface area contributed by atoms with Crippen molar-refractivity contribution in [3.8, 4) is 21.7 Å². The second-order valence-corrected chi connectivity index (χ2v) is 11.1. The van der Waals surface area contributed by atoms with Gasteiger partial charge in [0.05, 0.1) is 10.2 Å². The fraction of sp³-hybridized carbons (Fsp3) is 0.156. The highest BCUT2D eigenvalue weighted by Crippen LogP contribution is 2.31. The van der Waals surface area contributed by atoms with E-state index in [9.17, 15) is 9.59 Å². The number of amides is 2. The van der Waals surface area contributed by atoms with Gasteiger partial charge < -0.3 is 15.4 Å². The minimum absolute atomic E-state index is 0.192. The molecule has 0 saturated heterocycles. The predicted molar refractivity (Wildman–Crippen MR) is 158 cm³/mol. The largest absolute Gasteiger partial charge is 0.444 e. The number of rotatable bonds is 6. The Morgan fingerprint density at radius 2 is 1.59 bits per heavy atom. The van der Waals surface area contributed by atoms with Crippen LogP contribution in [0, 0.1) is 0 Å². The van der Waals surface area contributed by atoms with Crippen LogP contribution in [0.1, 0.15) is 36.7 Å². The summed E-state index contributed by atoms with van der Waals surface area (Å²) in [6.07, 6.45) is -0.462. The highest BCUT2D eigenvalue weighted by molar-refractivity contribution is 7.21. The van der Waals surface area contributed by atoms with Crippen LogP contribution in [0.15, 0.2) is 97.1 Å². The Labute approximate surface area is 231 Å². The SMILES string of the molecule is CC(C)(C)OC(=O)NCc1ccccc1-c1ccc(C(=O)Nc2cccc(-c3nc4ccccc4s3)c2)cc1. The molecule has 0 aliphatic heterocycles. The first-order valence-electron chi connectivity index (χ1n) is 12.7. The minimum atomic E-state index is -0.559. The van der Waals surface area contributed by atoms with Crippen LogP contribution in [0.5, 0.6) is 0 Å². The fourth-order valence-electron chi connectivity index (χ4n) is 4.17. The number of thiazole rings is 1. The molecular weight excluding hydrogens is 506 g/mol. The van der Waals surface area contributed by atoms with Crippen molar-refractivity contribution < 1.29 is 14.3 Å². The third-order valence-corrected chi connectivity index (χ3v) is 7.04. The fourth-order valence-corrected chi connectivity index (χ4v) is 5.13. The van der Waals surface area contributed by atoms with Crippen LogP contribution in [-0.2, 0) is 11.3 Å². The molecule has 6 nitrogen and oxygen atoms in total. The Hall–Kier alpha value is -4.49. The van der Waals surface area contributed by atoms with Gasteiger partial charge in [-0.15, -0.1) is 11.3 Å². The zero-order valence-corrected chi connectivity index (χ0v) is 22.8. The summed E-state index contributed by atoms with van der Waals surface area (Å²) in [5, 5.41) is 6.73. The van der Waals surface area contributed by atoms with Gasteiger partial charge in [-0.25, -0.2) is 9.78 Å². The molecule has 4 aromatic carbocycles. The van der Waals surface area contributed by atoms with Gasteiger partial charge in [0.25, 0.3) is 5.91 Å². The van der Waals surface area contributed by atoms with Gasteiger partial charge in [-0.05, 0) is 73.9 Å². The summed E-state index contributed by atoms with van der Waals surface area (Å²) in [6.45, 7) is 5.82. The summed E-state index contributed by atoms with van der Waals surface area (Å²) in [5.74, 6) is -0.192. The number of fused-ring (bicyclic) bond motifs is 1. The van der Waals surface area contributed by atoms with Crippen molar-refractivity contribution in [2.24, 2.45) is 0 Å². The molecule has 2 N–H and O–H groups in total. The molecule has 1 aromatic heterocycles. The maximum atomic E-state index is 13.0. The van der Waals surface area contributed by atoms with E-state index in [2.05, 4.69) is 16.7 Å². The molecule has 0 fully saturated rings. The van der Waals surface area contributed by atoms with Crippen molar-refractivity contribution >= 4 is 39.2 Å². The molecule has 5 aromatic rings. The predicted octanol–water partition coefficient (Wildman–Crippen LogP) is 7.91. The van der Waals surface area contributed by atoms with Gasteiger partial charge >= 0.3 is 6.09 Å². The van der Waals surface area contributed by atoms with E-state index in [0.29, 0.717) is 17.8 Å². The van der Waals surface area contributed by atoms with Crippen LogP contribution in [-0.4, -0.2) is 22.6 Å². The van der Waals surface area contributed by atoms with Crippen LogP contribution in [0.3, 0.4) is 0 Å². The van der Waals surface area contributed by atoms with Gasteiger partial charge in [0.15, 0.2) is 0 Å². The summed E-state index contributed by atoms with van der Waals surface area (Å²) in [4.78, 5) is 29.9. The summed E-state index contributed by atoms with van der Waals surface area (Å²) >= 11 is 1.63. The van der Waals surface area contributed by atoms with Crippen LogP contribution >= 0.6 is 11.3 Å². The lowest BCUT2D eigenvalue weighted by Gasteiger charge is -2.20. The quantitative estimate of drug-likeness (QED) is 0.232. The lowest BCUT2D eigenvalue weighted by Crippen LogP contribution is -2.32. The van der Waals surface area contributed by atoms with E-state index in [4.69, 9.17) is 9.72 Å². The van der Waals surface area contributed by atoms with E-state index in [-0.39, 0.29) is 5.91 Å². The van der Waals surface area contributed by atoms with Crippen LogP contribution in [0.4, 0.5) is 10.5 Å². The Balaban J connectivity index is 1.27. The summed E-state index contributed by atoms with van der Waals surface area (Å²) < 4.78 is 6.47. The maximum absolute atomic E-state index is 13.0. The molecule has 0 unspecified atom stereocenters. The molecule has 0 radical (unpaired) electrons. The first kappa shape index (κ1) is 26.1. The molecule has 0 atom stereocenters. The number of hydrogen-bond donors (Lipinski definition) is 2. The zero-order chi connectivity index (χ0) is 27.4. The van der Waals surface area contributed by atoms with E-state index in [1.54, 1.807) is 23.5 Å². The van der Waals surface area contributed by atoms with Gasteiger partial charge in [0, 0.05) is 23.4 Å². The normalized spacial score (nSPS) is 11.3. The van der Waals surface area contributed by atoms with Crippen LogP contribution in [0.25, 0.3) is 31.9 Å². The van der Waals surface area contributed by atoms with Crippen molar-refractivity contribution in [3.05, 3.63) is 108 Å². The number of anilines is 1. The second kappa shape index (κ2) is 11.1. The van der Waals surface area contributed by atoms with Crippen molar-refractivity contribution in [2.75, 3.05) is 5.32 Å². The number of carbonyl (C=O) groups excluding carboxylic acids is 2. The molecule has 0 aliphatic rings. The minimum Gasteiger partial charge on any atom is -0.444 e. The summed E-state index contributed by atoms with van der Waals surface area (Å²) in [5.41, 5.74) is 5.50. The molecule has 0 bridgehead atoms. The topological polar surface area (TPSA) is 80.3 Å². The Morgan fingerprint density at radius 1 is 0.846 bits per heavy atom. The molecule has 0 aliphatic carbocycles. The number of nitrogens with one attached hydrogen (secondary N) is 2. The molecule has 39 heavy (non-hydrogen) atoms. The highest BCUT2D eigenvalue weighted by Gasteiger charge is 2.16. The molecular formula is C32H29N3O3S.